The van der Waals surface area contributed by atoms with Crippen LogP contribution in [0.25, 0.3) is 0 Å². The van der Waals surface area contributed by atoms with Crippen molar-refractivity contribution in [3.8, 4) is 0 Å². The number of nitrogens with zero attached hydrogens (tertiary/aromatic N) is 2. The van der Waals surface area contributed by atoms with Crippen LogP contribution in [-0.2, 0) is 6.54 Å². The van der Waals surface area contributed by atoms with Gasteiger partial charge in [-0.15, -0.1) is 0 Å². The molecule has 2 aromatic rings. The highest BCUT2D eigenvalue weighted by Gasteiger charge is 2.00. The molecular formula is C10H8F2N2. The van der Waals surface area contributed by atoms with Crippen LogP contribution in [0.3, 0.4) is 0 Å². The topological polar surface area (TPSA) is 17.8 Å². The first-order valence-electron chi connectivity index (χ1n) is 4.15. The normalized spacial score (nSPS) is 10.4. The molecule has 1 aromatic heterocycles. The fourth-order valence-electron chi connectivity index (χ4n) is 1.29. The van der Waals surface area contributed by atoms with E-state index in [1.165, 1.54) is 12.1 Å². The standard InChI is InChI=1S/C10H8F2N2/c11-9-3-8(4-10(12)5-9)6-14-2-1-13-7-14/h1-5,7H,6H2. The van der Waals surface area contributed by atoms with E-state index in [-0.39, 0.29) is 0 Å². The zero-order valence-corrected chi connectivity index (χ0v) is 7.32. The molecule has 1 heterocycles. The summed E-state index contributed by atoms with van der Waals surface area (Å²) < 4.78 is 27.3. The molecule has 2 nitrogen and oxygen atoms in total. The maximum atomic E-state index is 12.8. The van der Waals surface area contributed by atoms with E-state index in [1.54, 1.807) is 23.3 Å². The zero-order chi connectivity index (χ0) is 9.97. The second-order valence-corrected chi connectivity index (χ2v) is 3.01. The summed E-state index contributed by atoms with van der Waals surface area (Å²) in [6.07, 6.45) is 4.96. The predicted octanol–water partition coefficient (Wildman–Crippen LogP) is 2.21. The Hall–Kier alpha value is -1.71. The highest BCUT2D eigenvalue weighted by atomic mass is 19.1. The number of hydrogen-bond donors (Lipinski definition) is 0. The quantitative estimate of drug-likeness (QED) is 0.716. The Labute approximate surface area is 79.8 Å². The molecule has 0 aliphatic rings. The maximum Gasteiger partial charge on any atom is 0.126 e. The molecule has 0 spiro atoms. The van der Waals surface area contributed by atoms with Gasteiger partial charge in [0, 0.05) is 25.0 Å². The number of rotatable bonds is 2. The SMILES string of the molecule is Fc1cc(F)cc(Cn2ccnc2)c1. The number of aromatic nitrogens is 2. The summed E-state index contributed by atoms with van der Waals surface area (Å²) >= 11 is 0. The zero-order valence-electron chi connectivity index (χ0n) is 7.32. The minimum absolute atomic E-state index is 0.425. The van der Waals surface area contributed by atoms with Crippen LogP contribution in [-0.4, -0.2) is 9.55 Å². The van der Waals surface area contributed by atoms with E-state index in [4.69, 9.17) is 0 Å². The van der Waals surface area contributed by atoms with Crippen LogP contribution in [0.5, 0.6) is 0 Å². The lowest BCUT2D eigenvalue weighted by Crippen LogP contribution is -1.97. The lowest BCUT2D eigenvalue weighted by atomic mass is 10.2. The molecule has 0 amide bonds. The van der Waals surface area contributed by atoms with Crippen molar-refractivity contribution in [1.82, 2.24) is 9.55 Å². The number of halogens is 2. The van der Waals surface area contributed by atoms with Gasteiger partial charge in [0.15, 0.2) is 0 Å². The average molecular weight is 194 g/mol. The third-order valence-electron chi connectivity index (χ3n) is 1.85. The van der Waals surface area contributed by atoms with E-state index in [9.17, 15) is 8.78 Å². The van der Waals surface area contributed by atoms with Gasteiger partial charge in [0.2, 0.25) is 0 Å². The van der Waals surface area contributed by atoms with Crippen molar-refractivity contribution in [3.63, 3.8) is 0 Å². The summed E-state index contributed by atoms with van der Waals surface area (Å²) in [4.78, 5) is 3.84. The van der Waals surface area contributed by atoms with E-state index >= 15 is 0 Å². The van der Waals surface area contributed by atoms with E-state index in [2.05, 4.69) is 4.98 Å². The molecule has 0 saturated heterocycles. The summed E-state index contributed by atoms with van der Waals surface area (Å²) in [5, 5.41) is 0. The van der Waals surface area contributed by atoms with Crippen LogP contribution in [0.4, 0.5) is 8.78 Å². The molecule has 0 bridgehead atoms. The summed E-state index contributed by atoms with van der Waals surface area (Å²) in [6.45, 7) is 0.425. The highest BCUT2D eigenvalue weighted by Crippen LogP contribution is 2.09. The van der Waals surface area contributed by atoms with E-state index in [1.807, 2.05) is 0 Å². The first kappa shape index (κ1) is 8.87. The Morgan fingerprint density at radius 2 is 1.86 bits per heavy atom. The van der Waals surface area contributed by atoms with E-state index in [0.29, 0.717) is 12.1 Å². The van der Waals surface area contributed by atoms with Crippen molar-refractivity contribution < 1.29 is 8.78 Å². The summed E-state index contributed by atoms with van der Waals surface area (Å²) in [7, 11) is 0. The second-order valence-electron chi connectivity index (χ2n) is 3.01. The Kier molecular flexibility index (Phi) is 2.26. The van der Waals surface area contributed by atoms with E-state index in [0.717, 1.165) is 6.07 Å². The monoisotopic (exact) mass is 194 g/mol. The Morgan fingerprint density at radius 1 is 1.14 bits per heavy atom. The molecule has 1 aromatic carbocycles. The molecular weight excluding hydrogens is 186 g/mol. The first-order valence-corrected chi connectivity index (χ1v) is 4.15. The minimum atomic E-state index is -0.555. The molecule has 14 heavy (non-hydrogen) atoms. The second kappa shape index (κ2) is 3.57. The highest BCUT2D eigenvalue weighted by molar-refractivity contribution is 5.18. The molecule has 0 fully saturated rings. The van der Waals surface area contributed by atoms with Crippen LogP contribution in [0.2, 0.25) is 0 Å². The molecule has 0 atom stereocenters. The van der Waals surface area contributed by atoms with Gasteiger partial charge in [-0.25, -0.2) is 13.8 Å². The van der Waals surface area contributed by atoms with Crippen molar-refractivity contribution in [2.24, 2.45) is 0 Å². The fourth-order valence-corrected chi connectivity index (χ4v) is 1.29. The van der Waals surface area contributed by atoms with Crippen molar-refractivity contribution in [2.45, 2.75) is 6.54 Å². The fraction of sp³-hybridized carbons (Fsp3) is 0.100. The molecule has 0 aliphatic carbocycles. The van der Waals surface area contributed by atoms with Gasteiger partial charge in [0.1, 0.15) is 11.6 Å². The van der Waals surface area contributed by atoms with Crippen LogP contribution >= 0.6 is 0 Å². The molecule has 0 saturated carbocycles. The predicted molar refractivity (Wildman–Crippen MR) is 47.7 cm³/mol. The van der Waals surface area contributed by atoms with Crippen molar-refractivity contribution in [2.75, 3.05) is 0 Å². The van der Waals surface area contributed by atoms with Gasteiger partial charge in [-0.1, -0.05) is 0 Å². The number of imidazole rings is 1. The van der Waals surface area contributed by atoms with Gasteiger partial charge < -0.3 is 4.57 Å². The van der Waals surface area contributed by atoms with Gasteiger partial charge in [0.25, 0.3) is 0 Å². The molecule has 2 rings (SSSR count). The van der Waals surface area contributed by atoms with Crippen LogP contribution in [0.1, 0.15) is 5.56 Å². The largest absolute Gasteiger partial charge is 0.333 e. The number of hydrogen-bond acceptors (Lipinski definition) is 1. The van der Waals surface area contributed by atoms with Crippen LogP contribution in [0.15, 0.2) is 36.9 Å². The van der Waals surface area contributed by atoms with Gasteiger partial charge in [0.05, 0.1) is 6.33 Å². The Morgan fingerprint density at radius 3 is 2.43 bits per heavy atom. The van der Waals surface area contributed by atoms with E-state index < -0.39 is 11.6 Å². The van der Waals surface area contributed by atoms with Gasteiger partial charge in [-0.05, 0) is 17.7 Å². The van der Waals surface area contributed by atoms with Crippen molar-refractivity contribution in [1.29, 1.82) is 0 Å². The summed E-state index contributed by atoms with van der Waals surface area (Å²) in [5.74, 6) is -1.11. The average Bonchev–Trinajstić information content (AvgIpc) is 2.54. The molecule has 0 unspecified atom stereocenters. The molecule has 4 heteroatoms. The van der Waals surface area contributed by atoms with Gasteiger partial charge in [-0.2, -0.15) is 0 Å². The molecule has 72 valence electrons. The molecule has 0 aliphatic heterocycles. The van der Waals surface area contributed by atoms with Gasteiger partial charge in [-0.3, -0.25) is 0 Å². The molecule has 0 radical (unpaired) electrons. The first-order chi connectivity index (χ1) is 6.74. The summed E-state index contributed by atoms with van der Waals surface area (Å²) in [6, 6.07) is 3.48. The third-order valence-corrected chi connectivity index (χ3v) is 1.85. The van der Waals surface area contributed by atoms with Crippen molar-refractivity contribution >= 4 is 0 Å². The Balaban J connectivity index is 2.25. The van der Waals surface area contributed by atoms with Crippen LogP contribution < -0.4 is 0 Å². The minimum Gasteiger partial charge on any atom is -0.333 e. The summed E-state index contributed by atoms with van der Waals surface area (Å²) in [5.41, 5.74) is 0.584. The molecule has 0 N–H and O–H groups in total. The Bertz CT molecular complexity index is 403. The van der Waals surface area contributed by atoms with Gasteiger partial charge >= 0.3 is 0 Å². The smallest absolute Gasteiger partial charge is 0.126 e. The lowest BCUT2D eigenvalue weighted by molar-refractivity contribution is 0.577. The van der Waals surface area contributed by atoms with Crippen molar-refractivity contribution in [3.05, 3.63) is 54.1 Å². The third kappa shape index (κ3) is 1.96. The van der Waals surface area contributed by atoms with Crippen LogP contribution in [0, 0.1) is 11.6 Å². The number of benzene rings is 1. The lowest BCUT2D eigenvalue weighted by Gasteiger charge is -2.02. The maximum absolute atomic E-state index is 12.8.